The van der Waals surface area contributed by atoms with Gasteiger partial charge in [0, 0.05) is 46.0 Å². The Labute approximate surface area is 117 Å². The highest BCUT2D eigenvalue weighted by Gasteiger charge is 2.21. The summed E-state index contributed by atoms with van der Waals surface area (Å²) in [5.41, 5.74) is 0.672. The number of amides is 2. The quantitative estimate of drug-likeness (QED) is 0.813. The van der Waals surface area contributed by atoms with Gasteiger partial charge >= 0.3 is 12.0 Å². The molecule has 1 aliphatic rings. The first-order valence-electron chi connectivity index (χ1n) is 6.53. The van der Waals surface area contributed by atoms with Gasteiger partial charge in [-0.25, -0.2) is 4.79 Å². The van der Waals surface area contributed by atoms with Crippen molar-refractivity contribution in [1.29, 1.82) is 0 Å². The first kappa shape index (κ1) is 14.3. The van der Waals surface area contributed by atoms with E-state index in [-0.39, 0.29) is 12.5 Å². The number of aryl methyl sites for hydroxylation is 1. The van der Waals surface area contributed by atoms with E-state index in [1.807, 2.05) is 0 Å². The average molecular weight is 281 g/mol. The van der Waals surface area contributed by atoms with Crippen LogP contribution in [0.5, 0.6) is 0 Å². The van der Waals surface area contributed by atoms with Crippen LogP contribution in [0.2, 0.25) is 0 Å². The number of aliphatic carboxylic acids is 1. The normalized spacial score (nSPS) is 16.1. The van der Waals surface area contributed by atoms with Gasteiger partial charge in [-0.05, 0) is 0 Å². The lowest BCUT2D eigenvalue weighted by atomic mass is 10.3. The molecule has 1 saturated heterocycles. The molecule has 1 aromatic heterocycles. The highest BCUT2D eigenvalue weighted by molar-refractivity contribution is 5.89. The summed E-state index contributed by atoms with van der Waals surface area (Å²) < 4.78 is 1.62. The molecule has 110 valence electrons. The van der Waals surface area contributed by atoms with Gasteiger partial charge in [0.1, 0.15) is 0 Å². The van der Waals surface area contributed by atoms with E-state index in [0.717, 1.165) is 0 Å². The van der Waals surface area contributed by atoms with Crippen molar-refractivity contribution in [3.63, 3.8) is 0 Å². The van der Waals surface area contributed by atoms with Crippen LogP contribution in [0.25, 0.3) is 0 Å². The van der Waals surface area contributed by atoms with E-state index >= 15 is 0 Å². The Kier molecular flexibility index (Phi) is 4.57. The zero-order valence-corrected chi connectivity index (χ0v) is 11.4. The number of nitrogens with one attached hydrogen (secondary N) is 1. The van der Waals surface area contributed by atoms with Crippen molar-refractivity contribution < 1.29 is 14.7 Å². The van der Waals surface area contributed by atoms with Crippen molar-refractivity contribution in [3.8, 4) is 0 Å². The van der Waals surface area contributed by atoms with Gasteiger partial charge in [-0.3, -0.25) is 14.4 Å². The molecule has 8 heteroatoms. The van der Waals surface area contributed by atoms with Gasteiger partial charge in [-0.15, -0.1) is 0 Å². The second-order valence-corrected chi connectivity index (χ2v) is 4.81. The lowest BCUT2D eigenvalue weighted by molar-refractivity contribution is -0.137. The Balaban J connectivity index is 1.75. The lowest BCUT2D eigenvalue weighted by Crippen LogP contribution is -2.50. The monoisotopic (exact) mass is 281 g/mol. The van der Waals surface area contributed by atoms with Crippen LogP contribution in [0.1, 0.15) is 6.42 Å². The van der Waals surface area contributed by atoms with Gasteiger partial charge < -0.3 is 15.3 Å². The van der Waals surface area contributed by atoms with Gasteiger partial charge in [0.25, 0.3) is 0 Å². The topological polar surface area (TPSA) is 90.7 Å². The number of hydrogen-bond donors (Lipinski definition) is 2. The van der Waals surface area contributed by atoms with Crippen LogP contribution in [0.4, 0.5) is 10.5 Å². The van der Waals surface area contributed by atoms with Gasteiger partial charge in [-0.1, -0.05) is 0 Å². The van der Waals surface area contributed by atoms with E-state index in [9.17, 15) is 9.59 Å². The van der Waals surface area contributed by atoms with Crippen molar-refractivity contribution in [1.82, 2.24) is 19.6 Å². The maximum atomic E-state index is 12.0. The number of rotatable bonds is 4. The number of carbonyl (C=O) groups excluding carboxylic acids is 1. The van der Waals surface area contributed by atoms with Crippen LogP contribution >= 0.6 is 0 Å². The average Bonchev–Trinajstić information content (AvgIpc) is 2.82. The SMILES string of the molecule is Cn1cc(NC(=O)N2CCN(CCC(=O)O)CC2)cn1. The van der Waals surface area contributed by atoms with Crippen molar-refractivity contribution in [3.05, 3.63) is 12.4 Å². The number of carboxylic acid groups (broad SMARTS) is 1. The number of urea groups is 1. The van der Waals surface area contributed by atoms with E-state index in [2.05, 4.69) is 15.3 Å². The molecular formula is C12H19N5O3. The standard InChI is InChI=1S/C12H19N5O3/c1-15-9-10(8-13-15)14-12(20)17-6-4-16(5-7-17)3-2-11(18)19/h8-9H,2-7H2,1H3,(H,14,20)(H,18,19). The highest BCUT2D eigenvalue weighted by Crippen LogP contribution is 2.08. The van der Waals surface area contributed by atoms with Crippen LogP contribution in [0, 0.1) is 0 Å². The van der Waals surface area contributed by atoms with E-state index in [1.54, 1.807) is 29.0 Å². The molecule has 0 radical (unpaired) electrons. The summed E-state index contributed by atoms with van der Waals surface area (Å²) in [7, 11) is 1.79. The Morgan fingerprint density at radius 3 is 2.60 bits per heavy atom. The number of anilines is 1. The number of carbonyl (C=O) groups is 2. The van der Waals surface area contributed by atoms with Crippen LogP contribution in [-0.2, 0) is 11.8 Å². The predicted molar refractivity (Wildman–Crippen MR) is 72.5 cm³/mol. The smallest absolute Gasteiger partial charge is 0.322 e. The van der Waals surface area contributed by atoms with Crippen molar-refractivity contribution in [2.75, 3.05) is 38.0 Å². The largest absolute Gasteiger partial charge is 0.481 e. The Hall–Kier alpha value is -2.09. The summed E-state index contributed by atoms with van der Waals surface area (Å²) in [6.07, 6.45) is 3.48. The van der Waals surface area contributed by atoms with Crippen LogP contribution in [0.15, 0.2) is 12.4 Å². The molecule has 8 nitrogen and oxygen atoms in total. The minimum atomic E-state index is -0.790. The van der Waals surface area contributed by atoms with E-state index in [0.29, 0.717) is 38.4 Å². The highest BCUT2D eigenvalue weighted by atomic mass is 16.4. The maximum Gasteiger partial charge on any atom is 0.322 e. The molecule has 0 unspecified atom stereocenters. The molecular weight excluding hydrogens is 262 g/mol. The molecule has 2 heterocycles. The summed E-state index contributed by atoms with van der Waals surface area (Å²) in [4.78, 5) is 26.3. The molecule has 2 rings (SSSR count). The third kappa shape index (κ3) is 3.95. The van der Waals surface area contributed by atoms with Crippen molar-refractivity contribution in [2.45, 2.75) is 6.42 Å². The molecule has 1 aromatic rings. The zero-order valence-electron chi connectivity index (χ0n) is 11.4. The van der Waals surface area contributed by atoms with Gasteiger partial charge in [0.05, 0.1) is 18.3 Å². The summed E-state index contributed by atoms with van der Waals surface area (Å²) >= 11 is 0. The molecule has 0 saturated carbocycles. The molecule has 2 N–H and O–H groups in total. The molecule has 20 heavy (non-hydrogen) atoms. The predicted octanol–water partition coefficient (Wildman–Crippen LogP) is 0.0443. The van der Waals surface area contributed by atoms with E-state index < -0.39 is 5.97 Å². The van der Waals surface area contributed by atoms with Crippen molar-refractivity contribution >= 4 is 17.7 Å². The summed E-state index contributed by atoms with van der Waals surface area (Å²) in [6, 6.07) is -0.143. The molecule has 1 aliphatic heterocycles. The number of piperazine rings is 1. The first-order chi connectivity index (χ1) is 9.54. The second kappa shape index (κ2) is 6.38. The Morgan fingerprint density at radius 2 is 2.05 bits per heavy atom. The van der Waals surface area contributed by atoms with Gasteiger partial charge in [0.2, 0.25) is 0 Å². The van der Waals surface area contributed by atoms with Gasteiger partial charge in [0.15, 0.2) is 0 Å². The summed E-state index contributed by atoms with van der Waals surface area (Å²) in [5.74, 6) is -0.790. The molecule has 0 spiro atoms. The fraction of sp³-hybridized carbons (Fsp3) is 0.583. The van der Waals surface area contributed by atoms with Crippen molar-refractivity contribution in [2.24, 2.45) is 7.05 Å². The molecule has 0 aliphatic carbocycles. The molecule has 0 aromatic carbocycles. The third-order valence-corrected chi connectivity index (χ3v) is 3.26. The molecule has 2 amide bonds. The Bertz CT molecular complexity index is 479. The number of nitrogens with zero attached hydrogens (tertiary/aromatic N) is 4. The Morgan fingerprint density at radius 1 is 1.35 bits per heavy atom. The van der Waals surface area contributed by atoms with Crippen LogP contribution in [0.3, 0.4) is 0 Å². The second-order valence-electron chi connectivity index (χ2n) is 4.81. The fourth-order valence-electron chi connectivity index (χ4n) is 2.12. The zero-order chi connectivity index (χ0) is 14.5. The minimum absolute atomic E-state index is 0.141. The summed E-state index contributed by atoms with van der Waals surface area (Å²) in [5, 5.41) is 15.4. The van der Waals surface area contributed by atoms with E-state index in [4.69, 9.17) is 5.11 Å². The molecule has 0 atom stereocenters. The number of hydrogen-bond acceptors (Lipinski definition) is 4. The minimum Gasteiger partial charge on any atom is -0.481 e. The van der Waals surface area contributed by atoms with Crippen LogP contribution in [-0.4, -0.2) is 69.4 Å². The summed E-state index contributed by atoms with van der Waals surface area (Å²) in [6.45, 7) is 3.15. The maximum absolute atomic E-state index is 12.0. The first-order valence-corrected chi connectivity index (χ1v) is 6.53. The lowest BCUT2D eigenvalue weighted by Gasteiger charge is -2.34. The molecule has 0 bridgehead atoms. The van der Waals surface area contributed by atoms with Crippen LogP contribution < -0.4 is 5.32 Å². The molecule has 1 fully saturated rings. The third-order valence-electron chi connectivity index (χ3n) is 3.26. The number of aromatic nitrogens is 2. The van der Waals surface area contributed by atoms with Gasteiger partial charge in [-0.2, -0.15) is 5.10 Å². The van der Waals surface area contributed by atoms with E-state index in [1.165, 1.54) is 0 Å². The number of carboxylic acids is 1. The fourth-order valence-corrected chi connectivity index (χ4v) is 2.12.